The van der Waals surface area contributed by atoms with Gasteiger partial charge in [-0.2, -0.15) is 0 Å². The van der Waals surface area contributed by atoms with Crippen molar-refractivity contribution in [2.45, 2.75) is 26.2 Å². The summed E-state index contributed by atoms with van der Waals surface area (Å²) < 4.78 is 0. The van der Waals surface area contributed by atoms with E-state index >= 15 is 0 Å². The molecule has 1 fully saturated rings. The molecule has 5 nitrogen and oxygen atoms in total. The smallest absolute Gasteiger partial charge is 0.247 e. The lowest BCUT2D eigenvalue weighted by atomic mass is 10.1. The van der Waals surface area contributed by atoms with Crippen LogP contribution in [0.3, 0.4) is 0 Å². The molecule has 1 atom stereocenters. The number of rotatable bonds is 4. The van der Waals surface area contributed by atoms with Gasteiger partial charge in [0.15, 0.2) is 0 Å². The molecule has 0 N–H and O–H groups in total. The summed E-state index contributed by atoms with van der Waals surface area (Å²) in [5.41, 5.74) is 3.30. The van der Waals surface area contributed by atoms with Crippen LogP contribution in [0.5, 0.6) is 0 Å². The number of carbonyl (C=O) groups is 2. The summed E-state index contributed by atoms with van der Waals surface area (Å²) in [4.78, 5) is 34.5. The Morgan fingerprint density at radius 1 is 1.15 bits per heavy atom. The Labute approximate surface area is 159 Å². The summed E-state index contributed by atoms with van der Waals surface area (Å²) in [6, 6.07) is 17.2. The van der Waals surface area contributed by atoms with Gasteiger partial charge in [0, 0.05) is 17.9 Å². The van der Waals surface area contributed by atoms with Crippen molar-refractivity contribution in [3.05, 3.63) is 54.6 Å². The van der Waals surface area contributed by atoms with Crippen molar-refractivity contribution in [2.75, 3.05) is 22.9 Å². The van der Waals surface area contributed by atoms with E-state index in [2.05, 4.69) is 0 Å². The number of likely N-dealkylation sites (N-methyl/N-ethyl adjacent to an activating group) is 1. The Hall–Kier alpha value is -2.95. The topological polar surface area (TPSA) is 53.0 Å². The molecule has 2 amide bonds. The highest BCUT2D eigenvalue weighted by molar-refractivity contribution is 6.17. The van der Waals surface area contributed by atoms with Gasteiger partial charge in [0.25, 0.3) is 0 Å². The summed E-state index contributed by atoms with van der Waals surface area (Å²) in [6.45, 7) is 2.52. The maximum Gasteiger partial charge on any atom is 0.247 e. The van der Waals surface area contributed by atoms with Gasteiger partial charge in [0.1, 0.15) is 6.54 Å². The molecule has 0 aromatic heterocycles. The summed E-state index contributed by atoms with van der Waals surface area (Å²) in [7, 11) is 0. The summed E-state index contributed by atoms with van der Waals surface area (Å²) in [5.74, 6) is -0.293. The summed E-state index contributed by atoms with van der Waals surface area (Å²) in [5, 5.41) is 0. The van der Waals surface area contributed by atoms with Crippen molar-refractivity contribution in [2.24, 2.45) is 10.9 Å². The minimum atomic E-state index is -0.197. The van der Waals surface area contributed by atoms with E-state index in [4.69, 9.17) is 4.99 Å². The lowest BCUT2D eigenvalue weighted by Gasteiger charge is -2.28. The molecule has 1 unspecified atom stereocenters. The number of hydrogen-bond acceptors (Lipinski definition) is 3. The van der Waals surface area contributed by atoms with Crippen LogP contribution in [0.25, 0.3) is 0 Å². The number of anilines is 2. The molecule has 2 aromatic rings. The molecule has 4 rings (SSSR count). The Bertz CT molecular complexity index is 891. The normalized spacial score (nSPS) is 18.4. The van der Waals surface area contributed by atoms with Gasteiger partial charge >= 0.3 is 0 Å². The van der Waals surface area contributed by atoms with Crippen LogP contribution in [-0.4, -0.2) is 30.6 Å². The maximum atomic E-state index is 13.2. The molecule has 27 heavy (non-hydrogen) atoms. The second-order valence-electron chi connectivity index (χ2n) is 6.93. The second kappa shape index (κ2) is 7.35. The standard InChI is InChI=1S/C22H23N3O2/c1-2-24(16-9-4-3-5-10-16)21(26)15-25-20-14-7-6-12-19(20)23-18-13-8-11-17(18)22(25)27/h3-7,9-10,12,14,17H,2,8,11,13,15H2,1H3. The molecule has 0 bridgehead atoms. The molecule has 138 valence electrons. The monoisotopic (exact) mass is 361 g/mol. The molecule has 1 aliphatic carbocycles. The van der Waals surface area contributed by atoms with E-state index in [1.165, 1.54) is 0 Å². The fourth-order valence-electron chi connectivity index (χ4n) is 3.97. The largest absolute Gasteiger partial charge is 0.311 e. The second-order valence-corrected chi connectivity index (χ2v) is 6.93. The molecule has 0 saturated heterocycles. The van der Waals surface area contributed by atoms with Crippen molar-refractivity contribution < 1.29 is 9.59 Å². The van der Waals surface area contributed by atoms with Gasteiger partial charge in [-0.3, -0.25) is 14.6 Å². The number of nitrogens with zero attached hydrogens (tertiary/aromatic N) is 3. The average Bonchev–Trinajstić information content (AvgIpc) is 3.12. The summed E-state index contributed by atoms with van der Waals surface area (Å²) >= 11 is 0. The van der Waals surface area contributed by atoms with E-state index < -0.39 is 0 Å². The van der Waals surface area contributed by atoms with Crippen LogP contribution in [-0.2, 0) is 9.59 Å². The number of amides is 2. The fourth-order valence-corrected chi connectivity index (χ4v) is 3.97. The average molecular weight is 361 g/mol. The molecular formula is C22H23N3O2. The van der Waals surface area contributed by atoms with Crippen molar-refractivity contribution >= 4 is 34.6 Å². The zero-order valence-electron chi connectivity index (χ0n) is 15.5. The van der Waals surface area contributed by atoms with Gasteiger partial charge < -0.3 is 9.80 Å². The third kappa shape index (κ3) is 3.25. The Kier molecular flexibility index (Phi) is 4.75. The number of carbonyl (C=O) groups excluding carboxylic acids is 2. The first kappa shape index (κ1) is 17.5. The van der Waals surface area contributed by atoms with Crippen molar-refractivity contribution in [3.8, 4) is 0 Å². The molecule has 0 radical (unpaired) electrons. The molecule has 1 heterocycles. The number of hydrogen-bond donors (Lipinski definition) is 0. The first-order valence-electron chi connectivity index (χ1n) is 9.52. The highest BCUT2D eigenvalue weighted by Gasteiger charge is 2.37. The van der Waals surface area contributed by atoms with Gasteiger partial charge in [-0.25, -0.2) is 0 Å². The first-order valence-corrected chi connectivity index (χ1v) is 9.52. The zero-order valence-corrected chi connectivity index (χ0v) is 15.5. The highest BCUT2D eigenvalue weighted by Crippen LogP contribution is 2.37. The van der Waals surface area contributed by atoms with E-state index in [1.807, 2.05) is 61.5 Å². The highest BCUT2D eigenvalue weighted by atomic mass is 16.2. The van der Waals surface area contributed by atoms with Gasteiger partial charge in [-0.05, 0) is 50.5 Å². The minimum Gasteiger partial charge on any atom is -0.311 e. The lowest BCUT2D eigenvalue weighted by molar-refractivity contribution is -0.123. The third-order valence-electron chi connectivity index (χ3n) is 5.31. The van der Waals surface area contributed by atoms with Crippen LogP contribution in [0.2, 0.25) is 0 Å². The SMILES string of the molecule is CCN(C(=O)CN1C(=O)C2CCCC2=Nc2ccccc21)c1ccccc1. The maximum absolute atomic E-state index is 13.2. The molecule has 2 aromatic carbocycles. The van der Waals surface area contributed by atoms with E-state index in [9.17, 15) is 9.59 Å². The third-order valence-corrected chi connectivity index (χ3v) is 5.31. The van der Waals surface area contributed by atoms with Crippen LogP contribution < -0.4 is 9.80 Å². The quantitative estimate of drug-likeness (QED) is 0.828. The predicted octanol–water partition coefficient (Wildman–Crippen LogP) is 3.96. The predicted molar refractivity (Wildman–Crippen MR) is 108 cm³/mol. The number of aliphatic imine (C=N–C) groups is 1. The van der Waals surface area contributed by atoms with Crippen molar-refractivity contribution in [1.82, 2.24) is 0 Å². The Morgan fingerprint density at radius 2 is 1.89 bits per heavy atom. The number of para-hydroxylation sites is 3. The van der Waals surface area contributed by atoms with Gasteiger partial charge in [0.2, 0.25) is 11.8 Å². The zero-order chi connectivity index (χ0) is 18.8. The number of benzene rings is 2. The van der Waals surface area contributed by atoms with Crippen LogP contribution in [0.15, 0.2) is 59.6 Å². The molecule has 5 heteroatoms. The van der Waals surface area contributed by atoms with Gasteiger partial charge in [0.05, 0.1) is 17.3 Å². The first-order chi connectivity index (χ1) is 13.2. The van der Waals surface area contributed by atoms with Crippen molar-refractivity contribution in [3.63, 3.8) is 0 Å². The van der Waals surface area contributed by atoms with Crippen LogP contribution >= 0.6 is 0 Å². The molecular weight excluding hydrogens is 338 g/mol. The molecule has 0 spiro atoms. The van der Waals surface area contributed by atoms with Crippen LogP contribution in [0.1, 0.15) is 26.2 Å². The van der Waals surface area contributed by atoms with Crippen LogP contribution in [0.4, 0.5) is 17.1 Å². The van der Waals surface area contributed by atoms with E-state index in [1.54, 1.807) is 9.80 Å². The fraction of sp³-hybridized carbons (Fsp3) is 0.318. The minimum absolute atomic E-state index is 0.00587. The molecule has 1 aliphatic heterocycles. The van der Waals surface area contributed by atoms with E-state index in [0.29, 0.717) is 6.54 Å². The van der Waals surface area contributed by atoms with Gasteiger partial charge in [-0.1, -0.05) is 30.3 Å². The Morgan fingerprint density at radius 3 is 2.67 bits per heavy atom. The summed E-state index contributed by atoms with van der Waals surface area (Å²) in [6.07, 6.45) is 2.65. The van der Waals surface area contributed by atoms with E-state index in [0.717, 1.165) is 42.0 Å². The van der Waals surface area contributed by atoms with Crippen molar-refractivity contribution in [1.29, 1.82) is 0 Å². The number of fused-ring (bicyclic) bond motifs is 2. The molecule has 2 aliphatic rings. The van der Waals surface area contributed by atoms with E-state index in [-0.39, 0.29) is 24.3 Å². The molecule has 1 saturated carbocycles. The van der Waals surface area contributed by atoms with Gasteiger partial charge in [-0.15, -0.1) is 0 Å². The lowest BCUT2D eigenvalue weighted by Crippen LogP contribution is -2.45. The Balaban J connectivity index is 1.66. The van der Waals surface area contributed by atoms with Crippen LogP contribution in [0, 0.1) is 5.92 Å².